The molecule has 2 aromatic rings. The van der Waals surface area contributed by atoms with Gasteiger partial charge in [0.1, 0.15) is 17.8 Å². The lowest BCUT2D eigenvalue weighted by molar-refractivity contribution is 1.06. The Bertz CT molecular complexity index is 462. The number of halogens is 1. The van der Waals surface area contributed by atoms with E-state index in [4.69, 9.17) is 5.73 Å². The van der Waals surface area contributed by atoms with Crippen molar-refractivity contribution in [3.63, 3.8) is 0 Å². The van der Waals surface area contributed by atoms with E-state index in [9.17, 15) is 0 Å². The van der Waals surface area contributed by atoms with E-state index in [0.717, 1.165) is 9.26 Å². The summed E-state index contributed by atoms with van der Waals surface area (Å²) in [6.07, 6.45) is 3.11. The summed E-state index contributed by atoms with van der Waals surface area (Å²) in [6, 6.07) is 1.75. The number of aryl methyl sites for hydroxylation is 1. The predicted octanol–water partition coefficient (Wildman–Crippen LogP) is 1.43. The van der Waals surface area contributed by atoms with Crippen LogP contribution in [0.5, 0.6) is 0 Å². The van der Waals surface area contributed by atoms with Crippen LogP contribution < -0.4 is 5.73 Å². The van der Waals surface area contributed by atoms with Gasteiger partial charge in [-0.05, 0) is 35.6 Å². The van der Waals surface area contributed by atoms with Gasteiger partial charge in [-0.25, -0.2) is 19.9 Å². The van der Waals surface area contributed by atoms with Crippen molar-refractivity contribution in [1.29, 1.82) is 0 Å². The van der Waals surface area contributed by atoms with Gasteiger partial charge >= 0.3 is 0 Å². The Balaban J connectivity index is 2.56. The fourth-order valence-electron chi connectivity index (χ4n) is 1.12. The van der Waals surface area contributed by atoms with Crippen LogP contribution in [0.2, 0.25) is 0 Å². The molecule has 5 nitrogen and oxygen atoms in total. The van der Waals surface area contributed by atoms with Crippen molar-refractivity contribution < 1.29 is 0 Å². The smallest absolute Gasteiger partial charge is 0.180 e. The zero-order chi connectivity index (χ0) is 10.8. The second-order valence-electron chi connectivity index (χ2n) is 2.93. The average molecular weight is 313 g/mol. The van der Waals surface area contributed by atoms with Crippen molar-refractivity contribution in [2.45, 2.75) is 6.92 Å². The lowest BCUT2D eigenvalue weighted by atomic mass is 10.3. The Morgan fingerprint density at radius 1 is 1.33 bits per heavy atom. The maximum absolute atomic E-state index is 5.76. The van der Waals surface area contributed by atoms with Crippen molar-refractivity contribution in [2.75, 3.05) is 5.73 Å². The molecule has 0 aliphatic rings. The van der Waals surface area contributed by atoms with Gasteiger partial charge in [0.15, 0.2) is 5.82 Å². The molecular formula is C9H8IN5. The first-order valence-corrected chi connectivity index (χ1v) is 5.32. The minimum atomic E-state index is 0.483. The Morgan fingerprint density at radius 2 is 2.13 bits per heavy atom. The average Bonchev–Trinajstić information content (AvgIpc) is 2.26. The highest BCUT2D eigenvalue weighted by molar-refractivity contribution is 14.1. The summed E-state index contributed by atoms with van der Waals surface area (Å²) in [5.74, 6) is 1.02. The van der Waals surface area contributed by atoms with Gasteiger partial charge in [-0.15, -0.1) is 0 Å². The third-order valence-electron chi connectivity index (χ3n) is 1.85. The predicted molar refractivity (Wildman–Crippen MR) is 64.9 cm³/mol. The summed E-state index contributed by atoms with van der Waals surface area (Å²) < 4.78 is 0.880. The van der Waals surface area contributed by atoms with Gasteiger partial charge in [0, 0.05) is 6.20 Å². The molecular weight excluding hydrogens is 305 g/mol. The maximum Gasteiger partial charge on any atom is 0.180 e. The molecule has 0 aromatic carbocycles. The number of hydrogen-bond donors (Lipinski definition) is 1. The molecule has 6 heteroatoms. The Hall–Kier alpha value is -1.31. The molecule has 2 N–H and O–H groups in total. The first kappa shape index (κ1) is 10.2. The fraction of sp³-hybridized carbons (Fsp3) is 0.111. The second-order valence-corrected chi connectivity index (χ2v) is 4.01. The molecule has 0 saturated heterocycles. The van der Waals surface area contributed by atoms with Crippen LogP contribution >= 0.6 is 22.6 Å². The monoisotopic (exact) mass is 313 g/mol. The fourth-order valence-corrected chi connectivity index (χ4v) is 1.36. The summed E-state index contributed by atoms with van der Waals surface area (Å²) in [7, 11) is 0. The second kappa shape index (κ2) is 4.05. The molecule has 0 fully saturated rings. The molecule has 0 saturated carbocycles. The van der Waals surface area contributed by atoms with Crippen LogP contribution in [0, 0.1) is 10.5 Å². The molecule has 0 bridgehead atoms. The van der Waals surface area contributed by atoms with Crippen molar-refractivity contribution in [2.24, 2.45) is 0 Å². The molecule has 0 amide bonds. The lowest BCUT2D eigenvalue weighted by Gasteiger charge is -2.04. The topological polar surface area (TPSA) is 77.6 Å². The van der Waals surface area contributed by atoms with Crippen LogP contribution in [0.1, 0.15) is 5.69 Å². The quantitative estimate of drug-likeness (QED) is 0.806. The molecule has 2 heterocycles. The van der Waals surface area contributed by atoms with Gasteiger partial charge in [0.2, 0.25) is 0 Å². The Morgan fingerprint density at radius 3 is 2.73 bits per heavy atom. The van der Waals surface area contributed by atoms with Crippen LogP contribution in [-0.2, 0) is 0 Å². The van der Waals surface area contributed by atoms with Crippen molar-refractivity contribution in [1.82, 2.24) is 19.9 Å². The Labute approximate surface area is 100 Å². The van der Waals surface area contributed by atoms with Crippen LogP contribution in [0.3, 0.4) is 0 Å². The minimum absolute atomic E-state index is 0.483. The number of aromatic nitrogens is 4. The molecule has 2 aromatic heterocycles. The van der Waals surface area contributed by atoms with Gasteiger partial charge in [-0.3, -0.25) is 0 Å². The minimum Gasteiger partial charge on any atom is -0.383 e. The first-order valence-electron chi connectivity index (χ1n) is 4.24. The summed E-state index contributed by atoms with van der Waals surface area (Å²) >= 11 is 2.12. The molecule has 0 unspecified atom stereocenters. The number of rotatable bonds is 1. The van der Waals surface area contributed by atoms with E-state index < -0.39 is 0 Å². The normalized spacial score (nSPS) is 10.3. The molecule has 0 aliphatic heterocycles. The summed E-state index contributed by atoms with van der Waals surface area (Å²) in [4.78, 5) is 16.4. The standard InChI is InChI=1S/C9H8IN5/c1-5-7(10)8(11)15-9(14-5)6-2-3-12-4-13-6/h2-4H,1H3,(H2,11,14,15). The summed E-state index contributed by atoms with van der Waals surface area (Å²) in [5, 5.41) is 0. The van der Waals surface area contributed by atoms with Gasteiger partial charge in [0.25, 0.3) is 0 Å². The highest BCUT2D eigenvalue weighted by Gasteiger charge is 2.08. The molecule has 2 rings (SSSR count). The molecule has 0 atom stereocenters. The largest absolute Gasteiger partial charge is 0.383 e. The number of nitrogens with zero attached hydrogens (tertiary/aromatic N) is 4. The van der Waals surface area contributed by atoms with Gasteiger partial charge in [0.05, 0.1) is 9.26 Å². The van der Waals surface area contributed by atoms with E-state index in [0.29, 0.717) is 17.3 Å². The lowest BCUT2D eigenvalue weighted by Crippen LogP contribution is -2.02. The summed E-state index contributed by atoms with van der Waals surface area (Å²) in [5.41, 5.74) is 7.29. The van der Waals surface area contributed by atoms with Crippen molar-refractivity contribution >= 4 is 28.4 Å². The number of nitrogens with two attached hydrogens (primary N) is 1. The zero-order valence-electron chi connectivity index (χ0n) is 7.98. The highest BCUT2D eigenvalue weighted by atomic mass is 127. The SMILES string of the molecule is Cc1nc(-c2ccncn2)nc(N)c1I. The molecule has 15 heavy (non-hydrogen) atoms. The van der Waals surface area contributed by atoms with Crippen LogP contribution in [0.25, 0.3) is 11.5 Å². The van der Waals surface area contributed by atoms with Crippen LogP contribution in [0.4, 0.5) is 5.82 Å². The summed E-state index contributed by atoms with van der Waals surface area (Å²) in [6.45, 7) is 1.89. The molecule has 76 valence electrons. The van der Waals surface area contributed by atoms with E-state index in [1.165, 1.54) is 6.33 Å². The maximum atomic E-state index is 5.76. The van der Waals surface area contributed by atoms with Crippen molar-refractivity contribution in [3.05, 3.63) is 27.9 Å². The number of anilines is 1. The van der Waals surface area contributed by atoms with E-state index >= 15 is 0 Å². The molecule has 0 radical (unpaired) electrons. The third-order valence-corrected chi connectivity index (χ3v) is 3.19. The van der Waals surface area contributed by atoms with E-state index in [2.05, 4.69) is 42.5 Å². The Kier molecular flexibility index (Phi) is 2.76. The first-order chi connectivity index (χ1) is 7.18. The van der Waals surface area contributed by atoms with E-state index in [1.54, 1.807) is 12.3 Å². The number of hydrogen-bond acceptors (Lipinski definition) is 5. The van der Waals surface area contributed by atoms with Gasteiger partial charge < -0.3 is 5.73 Å². The van der Waals surface area contributed by atoms with E-state index in [1.807, 2.05) is 6.92 Å². The van der Waals surface area contributed by atoms with Crippen molar-refractivity contribution in [3.8, 4) is 11.5 Å². The third kappa shape index (κ3) is 2.04. The van der Waals surface area contributed by atoms with Gasteiger partial charge in [-0.1, -0.05) is 0 Å². The zero-order valence-corrected chi connectivity index (χ0v) is 10.1. The molecule has 0 aliphatic carbocycles. The van der Waals surface area contributed by atoms with Crippen LogP contribution in [0.15, 0.2) is 18.6 Å². The van der Waals surface area contributed by atoms with Gasteiger partial charge in [-0.2, -0.15) is 0 Å². The molecule has 0 spiro atoms. The van der Waals surface area contributed by atoms with E-state index in [-0.39, 0.29) is 0 Å². The van der Waals surface area contributed by atoms with Crippen LogP contribution in [-0.4, -0.2) is 19.9 Å². The number of nitrogen functional groups attached to an aromatic ring is 1. The highest BCUT2D eigenvalue weighted by Crippen LogP contribution is 2.19.